The fourth-order valence-corrected chi connectivity index (χ4v) is 4.02. The number of carbonyl (C=O) groups is 1. The molecule has 5 rings (SSSR count). The summed E-state index contributed by atoms with van der Waals surface area (Å²) in [5.41, 5.74) is 2.31. The van der Waals surface area contributed by atoms with Crippen LogP contribution in [0.3, 0.4) is 0 Å². The number of hydrogen-bond donors (Lipinski definition) is 2. The highest BCUT2D eigenvalue weighted by Crippen LogP contribution is 2.23. The Hall–Kier alpha value is -3.23. The van der Waals surface area contributed by atoms with Gasteiger partial charge in [0.1, 0.15) is 11.9 Å². The van der Waals surface area contributed by atoms with Gasteiger partial charge in [0.15, 0.2) is 0 Å². The molecule has 8 heteroatoms. The van der Waals surface area contributed by atoms with Crippen molar-refractivity contribution in [2.75, 3.05) is 44.7 Å². The van der Waals surface area contributed by atoms with E-state index in [0.717, 1.165) is 48.3 Å². The molecule has 2 saturated heterocycles. The van der Waals surface area contributed by atoms with Crippen LogP contribution < -0.4 is 15.4 Å². The first-order valence-electron chi connectivity index (χ1n) is 11.1. The molecule has 2 aliphatic heterocycles. The Bertz CT molecular complexity index is 1080. The minimum Gasteiger partial charge on any atom is -0.490 e. The molecule has 3 heterocycles. The van der Waals surface area contributed by atoms with Crippen molar-refractivity contribution in [3.63, 3.8) is 0 Å². The maximum absolute atomic E-state index is 12.6. The number of piperidine rings is 1. The number of rotatable bonds is 5. The van der Waals surface area contributed by atoms with Crippen LogP contribution in [0.5, 0.6) is 5.75 Å². The average molecular weight is 434 g/mol. The number of hydrogen-bond acceptors (Lipinski definition) is 7. The van der Waals surface area contributed by atoms with Gasteiger partial charge < -0.3 is 25.0 Å². The lowest BCUT2D eigenvalue weighted by Crippen LogP contribution is -2.40. The summed E-state index contributed by atoms with van der Waals surface area (Å²) in [7, 11) is 0. The third kappa shape index (κ3) is 4.81. The summed E-state index contributed by atoms with van der Waals surface area (Å²) in [6.45, 7) is 4.43. The van der Waals surface area contributed by atoms with Crippen LogP contribution in [0.4, 0.5) is 11.6 Å². The molecule has 0 saturated carbocycles. The number of benzene rings is 2. The highest BCUT2D eigenvalue weighted by Gasteiger charge is 2.18. The lowest BCUT2D eigenvalue weighted by molar-refractivity contribution is 0.0303. The minimum absolute atomic E-state index is 0.0306. The molecule has 0 radical (unpaired) electrons. The molecule has 0 bridgehead atoms. The van der Waals surface area contributed by atoms with E-state index >= 15 is 0 Å². The van der Waals surface area contributed by atoms with Crippen molar-refractivity contribution in [2.45, 2.75) is 18.9 Å². The lowest BCUT2D eigenvalue weighted by atomic mass is 10.1. The number of morpholine rings is 1. The third-order valence-corrected chi connectivity index (χ3v) is 5.83. The molecule has 166 valence electrons. The van der Waals surface area contributed by atoms with Crippen LogP contribution in [0.15, 0.2) is 48.7 Å². The molecule has 2 fully saturated rings. The molecule has 0 spiro atoms. The number of fused-ring (bicyclic) bond motifs is 1. The molecular weight excluding hydrogens is 406 g/mol. The highest BCUT2D eigenvalue weighted by molar-refractivity contribution is 5.94. The summed E-state index contributed by atoms with van der Waals surface area (Å²) in [5.74, 6) is 1.37. The van der Waals surface area contributed by atoms with E-state index in [2.05, 4.69) is 20.6 Å². The first-order valence-corrected chi connectivity index (χ1v) is 11.1. The SMILES string of the molecule is O=C(c1ccc(Nc2ncc3ccc(OC4CCNCC4)cc3n2)cc1)N1CCOCC1. The van der Waals surface area contributed by atoms with Crippen molar-refractivity contribution in [3.8, 4) is 5.75 Å². The van der Waals surface area contributed by atoms with Gasteiger partial charge in [0.05, 0.1) is 18.7 Å². The zero-order chi connectivity index (χ0) is 21.8. The zero-order valence-corrected chi connectivity index (χ0v) is 17.9. The lowest BCUT2D eigenvalue weighted by Gasteiger charge is -2.26. The summed E-state index contributed by atoms with van der Waals surface area (Å²) in [4.78, 5) is 23.5. The molecule has 0 aliphatic carbocycles. The van der Waals surface area contributed by atoms with E-state index in [1.807, 2.05) is 47.4 Å². The highest BCUT2D eigenvalue weighted by atomic mass is 16.5. The van der Waals surface area contributed by atoms with Gasteiger partial charge in [0, 0.05) is 42.0 Å². The van der Waals surface area contributed by atoms with Gasteiger partial charge in [-0.2, -0.15) is 0 Å². The van der Waals surface area contributed by atoms with Crippen molar-refractivity contribution in [3.05, 3.63) is 54.2 Å². The molecule has 0 atom stereocenters. The summed E-state index contributed by atoms with van der Waals surface area (Å²) >= 11 is 0. The monoisotopic (exact) mass is 433 g/mol. The number of carbonyl (C=O) groups excluding carboxylic acids is 1. The number of ether oxygens (including phenoxy) is 2. The summed E-state index contributed by atoms with van der Waals surface area (Å²) in [6.07, 6.45) is 4.07. The predicted octanol–water partition coefficient (Wildman–Crippen LogP) is 2.98. The number of anilines is 2. The van der Waals surface area contributed by atoms with Crippen LogP contribution in [-0.2, 0) is 4.74 Å². The first kappa shape index (κ1) is 20.7. The third-order valence-electron chi connectivity index (χ3n) is 5.83. The van der Waals surface area contributed by atoms with Gasteiger partial charge in [-0.25, -0.2) is 9.97 Å². The topological polar surface area (TPSA) is 88.6 Å². The van der Waals surface area contributed by atoms with Gasteiger partial charge in [-0.1, -0.05) is 0 Å². The van der Waals surface area contributed by atoms with E-state index in [-0.39, 0.29) is 12.0 Å². The smallest absolute Gasteiger partial charge is 0.254 e. The van der Waals surface area contributed by atoms with E-state index in [9.17, 15) is 4.79 Å². The van der Waals surface area contributed by atoms with Crippen LogP contribution in [0.25, 0.3) is 10.9 Å². The normalized spacial score (nSPS) is 17.3. The molecule has 8 nitrogen and oxygen atoms in total. The number of nitrogens with zero attached hydrogens (tertiary/aromatic N) is 3. The van der Waals surface area contributed by atoms with Gasteiger partial charge in [-0.15, -0.1) is 0 Å². The zero-order valence-electron chi connectivity index (χ0n) is 17.9. The van der Waals surface area contributed by atoms with Crippen LogP contribution in [-0.4, -0.2) is 66.3 Å². The maximum atomic E-state index is 12.6. The molecule has 1 aromatic heterocycles. The fourth-order valence-electron chi connectivity index (χ4n) is 4.02. The summed E-state index contributed by atoms with van der Waals surface area (Å²) in [6, 6.07) is 13.3. The van der Waals surface area contributed by atoms with E-state index in [1.165, 1.54) is 0 Å². The minimum atomic E-state index is 0.0306. The second-order valence-electron chi connectivity index (χ2n) is 8.09. The second-order valence-corrected chi connectivity index (χ2v) is 8.09. The average Bonchev–Trinajstić information content (AvgIpc) is 2.85. The molecule has 32 heavy (non-hydrogen) atoms. The summed E-state index contributed by atoms with van der Waals surface area (Å²) < 4.78 is 11.5. The Morgan fingerprint density at radius 1 is 1.09 bits per heavy atom. The van der Waals surface area contributed by atoms with Crippen molar-refractivity contribution in [2.24, 2.45) is 0 Å². The largest absolute Gasteiger partial charge is 0.490 e. The van der Waals surface area contributed by atoms with Crippen LogP contribution >= 0.6 is 0 Å². The Kier molecular flexibility index (Phi) is 6.13. The number of nitrogens with one attached hydrogen (secondary N) is 2. The second kappa shape index (κ2) is 9.50. The number of amides is 1. The molecule has 2 aromatic carbocycles. The predicted molar refractivity (Wildman–Crippen MR) is 123 cm³/mol. The van der Waals surface area contributed by atoms with E-state index < -0.39 is 0 Å². The molecule has 0 unspecified atom stereocenters. The van der Waals surface area contributed by atoms with Gasteiger partial charge in [-0.05, 0) is 62.3 Å². The first-order chi connectivity index (χ1) is 15.7. The van der Waals surface area contributed by atoms with Gasteiger partial charge in [0.25, 0.3) is 5.91 Å². The summed E-state index contributed by atoms with van der Waals surface area (Å²) in [5, 5.41) is 7.54. The van der Waals surface area contributed by atoms with Crippen molar-refractivity contribution >= 4 is 28.4 Å². The maximum Gasteiger partial charge on any atom is 0.254 e. The van der Waals surface area contributed by atoms with Crippen molar-refractivity contribution < 1.29 is 14.3 Å². The molecule has 2 aliphatic rings. The van der Waals surface area contributed by atoms with Crippen molar-refractivity contribution in [1.29, 1.82) is 0 Å². The van der Waals surface area contributed by atoms with E-state index in [1.54, 1.807) is 6.20 Å². The standard InChI is InChI=1S/C24H27N5O3/c30-23(29-11-13-31-14-12-29)17-1-4-19(5-2-17)27-24-26-16-18-3-6-21(15-22(18)28-24)32-20-7-9-25-10-8-20/h1-6,15-16,20,25H,7-14H2,(H,26,27,28). The van der Waals surface area contributed by atoms with E-state index in [0.29, 0.717) is 37.8 Å². The number of aromatic nitrogens is 2. The van der Waals surface area contributed by atoms with Gasteiger partial charge in [0.2, 0.25) is 5.95 Å². The quantitative estimate of drug-likeness (QED) is 0.639. The van der Waals surface area contributed by atoms with E-state index in [4.69, 9.17) is 9.47 Å². The molecule has 3 aromatic rings. The van der Waals surface area contributed by atoms with Crippen LogP contribution in [0, 0.1) is 0 Å². The van der Waals surface area contributed by atoms with Crippen molar-refractivity contribution in [1.82, 2.24) is 20.2 Å². The van der Waals surface area contributed by atoms with Crippen LogP contribution in [0.2, 0.25) is 0 Å². The molecular formula is C24H27N5O3. The van der Waals surface area contributed by atoms with Gasteiger partial charge in [-0.3, -0.25) is 4.79 Å². The Balaban J connectivity index is 1.27. The Labute approximate surface area is 186 Å². The van der Waals surface area contributed by atoms with Gasteiger partial charge >= 0.3 is 0 Å². The Morgan fingerprint density at radius 2 is 1.88 bits per heavy atom. The molecule has 1 amide bonds. The fraction of sp³-hybridized carbons (Fsp3) is 0.375. The van der Waals surface area contributed by atoms with Crippen LogP contribution in [0.1, 0.15) is 23.2 Å². The Morgan fingerprint density at radius 3 is 2.66 bits per heavy atom. The molecule has 2 N–H and O–H groups in total.